The van der Waals surface area contributed by atoms with E-state index < -0.39 is 5.97 Å². The molecule has 4 rings (SSSR count). The normalized spacial score (nSPS) is 13.1. The van der Waals surface area contributed by atoms with E-state index in [2.05, 4.69) is 21.9 Å². The van der Waals surface area contributed by atoms with Crippen LogP contribution >= 0.6 is 11.3 Å². The molecule has 1 aromatic carbocycles. The van der Waals surface area contributed by atoms with E-state index in [9.17, 15) is 9.59 Å². The Labute approximate surface area is 172 Å². The fourth-order valence-electron chi connectivity index (χ4n) is 3.42. The topological polar surface area (TPSA) is 76.5 Å². The number of carbonyl (C=O) groups is 2. The maximum Gasteiger partial charge on any atom is 0.341 e. The molecule has 0 unspecified atom stereocenters. The van der Waals surface area contributed by atoms with Crippen molar-refractivity contribution in [3.8, 4) is 5.69 Å². The van der Waals surface area contributed by atoms with Gasteiger partial charge in [0.15, 0.2) is 0 Å². The number of nitrogens with one attached hydrogen (secondary N) is 1. The van der Waals surface area contributed by atoms with Crippen LogP contribution in [0.3, 0.4) is 0 Å². The number of fused-ring (bicyclic) bond motifs is 1. The molecule has 0 bridgehead atoms. The maximum atomic E-state index is 12.7. The lowest BCUT2D eigenvalue weighted by atomic mass is 10.1. The molecule has 0 radical (unpaired) electrons. The van der Waals surface area contributed by atoms with Crippen LogP contribution in [0.5, 0.6) is 0 Å². The van der Waals surface area contributed by atoms with Crippen molar-refractivity contribution in [1.29, 1.82) is 0 Å². The van der Waals surface area contributed by atoms with Crippen LogP contribution in [0.1, 0.15) is 33.4 Å². The van der Waals surface area contributed by atoms with Gasteiger partial charge in [-0.2, -0.15) is 5.10 Å². The zero-order valence-electron chi connectivity index (χ0n) is 16.3. The summed E-state index contributed by atoms with van der Waals surface area (Å²) in [7, 11) is 0. The smallest absolute Gasteiger partial charge is 0.341 e. The molecule has 0 spiro atoms. The highest BCUT2D eigenvalue weighted by Crippen LogP contribution is 2.25. The number of hydrogen-bond acceptors (Lipinski definition) is 5. The van der Waals surface area contributed by atoms with Gasteiger partial charge in [-0.1, -0.05) is 6.07 Å². The second-order valence-electron chi connectivity index (χ2n) is 6.80. The molecular formula is C21H22N4O3S. The van der Waals surface area contributed by atoms with Gasteiger partial charge in [0.2, 0.25) is 0 Å². The lowest BCUT2D eigenvalue weighted by Gasteiger charge is -2.27. The van der Waals surface area contributed by atoms with E-state index in [1.54, 1.807) is 22.9 Å². The highest BCUT2D eigenvalue weighted by Gasteiger charge is 2.22. The minimum Gasteiger partial charge on any atom is -0.462 e. The van der Waals surface area contributed by atoms with Crippen LogP contribution in [0.2, 0.25) is 0 Å². The summed E-state index contributed by atoms with van der Waals surface area (Å²) in [6, 6.07) is 9.37. The molecule has 3 aromatic rings. The van der Waals surface area contributed by atoms with Gasteiger partial charge in [-0.05, 0) is 55.5 Å². The van der Waals surface area contributed by atoms with Gasteiger partial charge < -0.3 is 15.0 Å². The third-order valence-electron chi connectivity index (χ3n) is 4.94. The third-order valence-corrected chi connectivity index (χ3v) is 5.97. The van der Waals surface area contributed by atoms with Crippen molar-refractivity contribution in [2.24, 2.45) is 0 Å². The second-order valence-corrected chi connectivity index (χ2v) is 7.80. The Morgan fingerprint density at radius 2 is 2.17 bits per heavy atom. The quantitative estimate of drug-likeness (QED) is 0.660. The molecule has 1 N–H and O–H groups in total. The van der Waals surface area contributed by atoms with E-state index in [1.165, 1.54) is 16.6 Å². The van der Waals surface area contributed by atoms with E-state index in [-0.39, 0.29) is 6.03 Å². The average Bonchev–Trinajstić information content (AvgIpc) is 3.34. The van der Waals surface area contributed by atoms with Crippen molar-refractivity contribution in [2.75, 3.05) is 18.5 Å². The molecule has 0 atom stereocenters. The third kappa shape index (κ3) is 3.88. The molecule has 150 valence electrons. The first-order chi connectivity index (χ1) is 14.1. The summed E-state index contributed by atoms with van der Waals surface area (Å²) >= 11 is 1.75. The number of benzene rings is 1. The monoisotopic (exact) mass is 410 g/mol. The molecule has 7 nitrogen and oxygen atoms in total. The fraction of sp³-hybridized carbons (Fsp3) is 0.286. The van der Waals surface area contributed by atoms with E-state index in [1.807, 2.05) is 36.1 Å². The van der Waals surface area contributed by atoms with Gasteiger partial charge in [0.1, 0.15) is 5.56 Å². The SMILES string of the molecule is CCOC(=O)c1cnn(-c2cccc(NC(=O)N3CCc4sccc4C3)c2)c1C. The molecule has 29 heavy (non-hydrogen) atoms. The summed E-state index contributed by atoms with van der Waals surface area (Å²) in [6.45, 7) is 5.24. The van der Waals surface area contributed by atoms with Gasteiger partial charge in [0.05, 0.1) is 24.2 Å². The Kier molecular flexibility index (Phi) is 5.35. The Morgan fingerprint density at radius 3 is 3.00 bits per heavy atom. The Hall–Kier alpha value is -3.13. The molecule has 0 fully saturated rings. The number of anilines is 1. The number of ether oxygens (including phenoxy) is 1. The van der Waals surface area contributed by atoms with Crippen molar-refractivity contribution in [3.63, 3.8) is 0 Å². The lowest BCUT2D eigenvalue weighted by Crippen LogP contribution is -2.38. The van der Waals surface area contributed by atoms with Gasteiger partial charge in [-0.25, -0.2) is 14.3 Å². The van der Waals surface area contributed by atoms with E-state index in [4.69, 9.17) is 4.74 Å². The summed E-state index contributed by atoms with van der Waals surface area (Å²) in [4.78, 5) is 27.9. The summed E-state index contributed by atoms with van der Waals surface area (Å²) in [5.74, 6) is -0.390. The van der Waals surface area contributed by atoms with Crippen LogP contribution in [-0.2, 0) is 17.7 Å². The molecule has 0 aliphatic carbocycles. The Morgan fingerprint density at radius 1 is 1.31 bits per heavy atom. The molecule has 1 aliphatic heterocycles. The zero-order chi connectivity index (χ0) is 20.4. The highest BCUT2D eigenvalue weighted by molar-refractivity contribution is 7.10. The van der Waals surface area contributed by atoms with Crippen LogP contribution in [0.4, 0.5) is 10.5 Å². The maximum absolute atomic E-state index is 12.7. The molecule has 3 heterocycles. The number of urea groups is 1. The predicted octanol–water partition coefficient (Wildman–Crippen LogP) is 4.01. The Balaban J connectivity index is 1.50. The summed E-state index contributed by atoms with van der Waals surface area (Å²) in [5.41, 5.74) is 3.78. The van der Waals surface area contributed by atoms with Gasteiger partial charge in [-0.3, -0.25) is 0 Å². The molecular weight excluding hydrogens is 388 g/mol. The van der Waals surface area contributed by atoms with Gasteiger partial charge >= 0.3 is 12.0 Å². The second kappa shape index (κ2) is 8.08. The van der Waals surface area contributed by atoms with Gasteiger partial charge in [0.25, 0.3) is 0 Å². The van der Waals surface area contributed by atoms with Crippen LogP contribution in [-0.4, -0.2) is 39.8 Å². The first-order valence-corrected chi connectivity index (χ1v) is 10.4. The number of hydrogen-bond donors (Lipinski definition) is 1. The standard InChI is InChI=1S/C21H22N4O3S/c1-3-28-20(26)18-12-22-25(14(18)2)17-6-4-5-16(11-17)23-21(27)24-9-7-19-15(13-24)8-10-29-19/h4-6,8,10-12H,3,7,9,13H2,1-2H3,(H,23,27). The van der Waals surface area contributed by atoms with Gasteiger partial charge in [-0.15, -0.1) is 11.3 Å². The van der Waals surface area contributed by atoms with E-state index >= 15 is 0 Å². The number of carbonyl (C=O) groups excluding carboxylic acids is 2. The van der Waals surface area contributed by atoms with E-state index in [0.717, 1.165) is 12.1 Å². The van der Waals surface area contributed by atoms with Crippen molar-refractivity contribution < 1.29 is 14.3 Å². The summed E-state index contributed by atoms with van der Waals surface area (Å²) < 4.78 is 6.73. The number of esters is 1. The van der Waals surface area contributed by atoms with Crippen LogP contribution in [0, 0.1) is 6.92 Å². The minimum atomic E-state index is -0.390. The largest absolute Gasteiger partial charge is 0.462 e. The summed E-state index contributed by atoms with van der Waals surface area (Å²) in [6.07, 6.45) is 2.40. The molecule has 2 amide bonds. The van der Waals surface area contributed by atoms with Crippen molar-refractivity contribution in [1.82, 2.24) is 14.7 Å². The van der Waals surface area contributed by atoms with Crippen molar-refractivity contribution >= 4 is 29.0 Å². The molecule has 2 aromatic heterocycles. The van der Waals surface area contributed by atoms with Crippen molar-refractivity contribution in [3.05, 3.63) is 63.6 Å². The van der Waals surface area contributed by atoms with Crippen LogP contribution < -0.4 is 5.32 Å². The van der Waals surface area contributed by atoms with E-state index in [0.29, 0.717) is 36.6 Å². The first kappa shape index (κ1) is 19.2. The lowest BCUT2D eigenvalue weighted by molar-refractivity contribution is 0.0525. The van der Waals surface area contributed by atoms with Crippen LogP contribution in [0.15, 0.2) is 41.9 Å². The molecule has 1 aliphatic rings. The van der Waals surface area contributed by atoms with Gasteiger partial charge in [0, 0.05) is 23.7 Å². The molecule has 0 saturated carbocycles. The Bertz CT molecular complexity index is 1060. The summed E-state index contributed by atoms with van der Waals surface area (Å²) in [5, 5.41) is 9.36. The number of thiophene rings is 1. The fourth-order valence-corrected chi connectivity index (χ4v) is 4.31. The predicted molar refractivity (Wildman–Crippen MR) is 112 cm³/mol. The number of amides is 2. The number of rotatable bonds is 4. The number of aromatic nitrogens is 2. The number of nitrogens with zero attached hydrogens (tertiary/aromatic N) is 3. The zero-order valence-corrected chi connectivity index (χ0v) is 17.2. The van der Waals surface area contributed by atoms with Crippen LogP contribution in [0.25, 0.3) is 5.69 Å². The minimum absolute atomic E-state index is 0.122. The highest BCUT2D eigenvalue weighted by atomic mass is 32.1. The first-order valence-electron chi connectivity index (χ1n) is 9.50. The van der Waals surface area contributed by atoms with Crippen molar-refractivity contribution in [2.45, 2.75) is 26.8 Å². The molecule has 0 saturated heterocycles. The molecule has 8 heteroatoms. The average molecular weight is 410 g/mol.